The summed E-state index contributed by atoms with van der Waals surface area (Å²) in [7, 11) is 0. The topological polar surface area (TPSA) is 24.9 Å². The van der Waals surface area contributed by atoms with Crippen LogP contribution >= 0.6 is 0 Å². The van der Waals surface area contributed by atoms with E-state index in [0.717, 1.165) is 12.5 Å². The Labute approximate surface area is 106 Å². The number of aromatic nitrogens is 1. The number of nitrogens with one attached hydrogen (secondary N) is 1. The Bertz CT molecular complexity index is 278. The minimum absolute atomic E-state index is 0.466. The molecule has 0 aliphatic heterocycles. The van der Waals surface area contributed by atoms with Crippen molar-refractivity contribution in [2.75, 3.05) is 6.54 Å². The van der Waals surface area contributed by atoms with E-state index >= 15 is 0 Å². The Morgan fingerprint density at radius 3 is 2.35 bits per heavy atom. The van der Waals surface area contributed by atoms with Gasteiger partial charge in [0.15, 0.2) is 0 Å². The summed E-state index contributed by atoms with van der Waals surface area (Å²) in [5, 5.41) is 3.63. The first-order chi connectivity index (χ1) is 8.33. The van der Waals surface area contributed by atoms with Gasteiger partial charge >= 0.3 is 0 Å². The van der Waals surface area contributed by atoms with Gasteiger partial charge in [-0.25, -0.2) is 0 Å². The molecule has 0 amide bonds. The van der Waals surface area contributed by atoms with Gasteiger partial charge in [-0.15, -0.1) is 0 Å². The molecule has 1 rings (SSSR count). The first kappa shape index (κ1) is 14.2. The predicted molar refractivity (Wildman–Crippen MR) is 74.0 cm³/mol. The monoisotopic (exact) mass is 234 g/mol. The van der Waals surface area contributed by atoms with Gasteiger partial charge in [0.05, 0.1) is 0 Å². The zero-order chi connectivity index (χ0) is 12.5. The molecule has 2 heteroatoms. The molecule has 1 N–H and O–H groups in total. The van der Waals surface area contributed by atoms with Crippen molar-refractivity contribution in [2.45, 2.75) is 52.5 Å². The molecule has 0 spiro atoms. The van der Waals surface area contributed by atoms with Gasteiger partial charge in [0.2, 0.25) is 0 Å². The lowest BCUT2D eigenvalue weighted by molar-refractivity contribution is 0.320. The second-order valence-electron chi connectivity index (χ2n) is 4.66. The van der Waals surface area contributed by atoms with Gasteiger partial charge in [-0.2, -0.15) is 0 Å². The van der Waals surface area contributed by atoms with Crippen molar-refractivity contribution in [1.29, 1.82) is 0 Å². The van der Waals surface area contributed by atoms with Crippen LogP contribution in [-0.4, -0.2) is 11.5 Å². The van der Waals surface area contributed by atoms with E-state index in [1.807, 2.05) is 18.5 Å². The molecule has 0 aliphatic rings. The second-order valence-corrected chi connectivity index (χ2v) is 4.66. The van der Waals surface area contributed by atoms with Crippen molar-refractivity contribution in [3.63, 3.8) is 0 Å². The molecule has 0 fully saturated rings. The van der Waals surface area contributed by atoms with E-state index in [0.29, 0.717) is 6.04 Å². The summed E-state index contributed by atoms with van der Waals surface area (Å²) >= 11 is 0. The molecule has 17 heavy (non-hydrogen) atoms. The minimum Gasteiger partial charge on any atom is -0.310 e. The molecule has 1 aromatic heterocycles. The quantitative estimate of drug-likeness (QED) is 0.736. The van der Waals surface area contributed by atoms with Crippen molar-refractivity contribution in [3.8, 4) is 0 Å². The molecule has 1 heterocycles. The molecule has 0 saturated heterocycles. The maximum atomic E-state index is 4.25. The van der Waals surface area contributed by atoms with Crippen LogP contribution in [0.5, 0.6) is 0 Å². The Balaban J connectivity index is 2.81. The smallest absolute Gasteiger partial charge is 0.0363 e. The summed E-state index contributed by atoms with van der Waals surface area (Å²) in [5.74, 6) is 0.731. The highest BCUT2D eigenvalue weighted by Crippen LogP contribution is 2.29. The summed E-state index contributed by atoms with van der Waals surface area (Å²) in [6.07, 6.45) is 8.95. The van der Waals surface area contributed by atoms with Crippen molar-refractivity contribution in [2.24, 2.45) is 5.92 Å². The van der Waals surface area contributed by atoms with Crippen LogP contribution in [0.15, 0.2) is 24.5 Å². The fraction of sp³-hybridized carbons (Fsp3) is 0.667. The van der Waals surface area contributed by atoms with E-state index < -0.39 is 0 Å². The van der Waals surface area contributed by atoms with Gasteiger partial charge < -0.3 is 5.32 Å². The molecule has 0 aliphatic carbocycles. The van der Waals surface area contributed by atoms with Crippen LogP contribution in [0.3, 0.4) is 0 Å². The van der Waals surface area contributed by atoms with Gasteiger partial charge in [0.1, 0.15) is 0 Å². The number of hydrogen-bond donors (Lipinski definition) is 1. The van der Waals surface area contributed by atoms with Crippen molar-refractivity contribution < 1.29 is 0 Å². The largest absolute Gasteiger partial charge is 0.310 e. The SMILES string of the molecule is CCCC(CCC)C(NCC)c1cccnc1. The Morgan fingerprint density at radius 1 is 1.18 bits per heavy atom. The lowest BCUT2D eigenvalue weighted by Crippen LogP contribution is -2.28. The molecule has 1 atom stereocenters. The normalized spacial score (nSPS) is 12.9. The first-order valence-corrected chi connectivity index (χ1v) is 6.96. The average molecular weight is 234 g/mol. The van der Waals surface area contributed by atoms with Crippen LogP contribution in [0.25, 0.3) is 0 Å². The highest BCUT2D eigenvalue weighted by atomic mass is 14.9. The molecule has 2 nitrogen and oxygen atoms in total. The number of rotatable bonds is 8. The highest BCUT2D eigenvalue weighted by molar-refractivity contribution is 5.15. The van der Waals surface area contributed by atoms with E-state index in [1.165, 1.54) is 31.2 Å². The number of pyridine rings is 1. The van der Waals surface area contributed by atoms with Crippen LogP contribution in [-0.2, 0) is 0 Å². The molecule has 1 unspecified atom stereocenters. The first-order valence-electron chi connectivity index (χ1n) is 6.96. The fourth-order valence-corrected chi connectivity index (χ4v) is 2.56. The molecule has 0 saturated carbocycles. The third-order valence-electron chi connectivity index (χ3n) is 3.26. The molecular formula is C15H26N2. The summed E-state index contributed by atoms with van der Waals surface area (Å²) in [5.41, 5.74) is 1.33. The Morgan fingerprint density at radius 2 is 1.88 bits per heavy atom. The molecule has 0 bridgehead atoms. The number of hydrogen-bond acceptors (Lipinski definition) is 2. The van der Waals surface area contributed by atoms with E-state index in [4.69, 9.17) is 0 Å². The summed E-state index contributed by atoms with van der Waals surface area (Å²) in [4.78, 5) is 4.25. The van der Waals surface area contributed by atoms with Gasteiger partial charge in [-0.1, -0.05) is 39.7 Å². The molecule has 0 aromatic carbocycles. The minimum atomic E-state index is 0.466. The van der Waals surface area contributed by atoms with E-state index in [9.17, 15) is 0 Å². The van der Waals surface area contributed by atoms with Crippen LogP contribution in [0.2, 0.25) is 0 Å². The van der Waals surface area contributed by atoms with E-state index in [-0.39, 0.29) is 0 Å². The lowest BCUT2D eigenvalue weighted by Gasteiger charge is -2.27. The molecule has 96 valence electrons. The Hall–Kier alpha value is -0.890. The van der Waals surface area contributed by atoms with Crippen molar-refractivity contribution in [1.82, 2.24) is 10.3 Å². The molecular weight excluding hydrogens is 208 g/mol. The standard InChI is InChI=1S/C15H26N2/c1-4-8-13(9-5-2)15(17-6-3)14-10-7-11-16-12-14/h7,10-13,15,17H,4-6,8-9H2,1-3H3. The van der Waals surface area contributed by atoms with E-state index in [2.05, 4.69) is 37.1 Å². The average Bonchev–Trinajstić information content (AvgIpc) is 2.37. The maximum Gasteiger partial charge on any atom is 0.0363 e. The van der Waals surface area contributed by atoms with E-state index in [1.54, 1.807) is 0 Å². The fourth-order valence-electron chi connectivity index (χ4n) is 2.56. The maximum absolute atomic E-state index is 4.25. The molecule has 0 radical (unpaired) electrons. The highest BCUT2D eigenvalue weighted by Gasteiger charge is 2.20. The second kappa shape index (κ2) is 8.24. The third-order valence-corrected chi connectivity index (χ3v) is 3.26. The predicted octanol–water partition coefficient (Wildman–Crippen LogP) is 3.95. The Kier molecular flexibility index (Phi) is 6.87. The van der Waals surface area contributed by atoms with Crippen molar-refractivity contribution >= 4 is 0 Å². The third kappa shape index (κ3) is 4.47. The summed E-state index contributed by atoms with van der Waals surface area (Å²) in [6.45, 7) is 7.74. The van der Waals surface area contributed by atoms with Crippen LogP contribution in [0.1, 0.15) is 58.1 Å². The van der Waals surface area contributed by atoms with Crippen LogP contribution in [0, 0.1) is 5.92 Å². The number of nitrogens with zero attached hydrogens (tertiary/aromatic N) is 1. The lowest BCUT2D eigenvalue weighted by atomic mass is 9.86. The van der Waals surface area contributed by atoms with Gasteiger partial charge in [0.25, 0.3) is 0 Å². The van der Waals surface area contributed by atoms with Crippen LogP contribution < -0.4 is 5.32 Å². The summed E-state index contributed by atoms with van der Waals surface area (Å²) in [6, 6.07) is 4.70. The van der Waals surface area contributed by atoms with Crippen LogP contribution in [0.4, 0.5) is 0 Å². The zero-order valence-corrected chi connectivity index (χ0v) is 11.4. The van der Waals surface area contributed by atoms with Gasteiger partial charge in [-0.05, 0) is 36.9 Å². The molecule has 1 aromatic rings. The summed E-state index contributed by atoms with van der Waals surface area (Å²) < 4.78 is 0. The van der Waals surface area contributed by atoms with Crippen molar-refractivity contribution in [3.05, 3.63) is 30.1 Å². The van der Waals surface area contributed by atoms with Gasteiger partial charge in [0, 0.05) is 18.4 Å². The van der Waals surface area contributed by atoms with Gasteiger partial charge in [-0.3, -0.25) is 4.98 Å². The zero-order valence-electron chi connectivity index (χ0n) is 11.4.